The van der Waals surface area contributed by atoms with E-state index in [0.29, 0.717) is 19.3 Å². The Morgan fingerprint density at radius 2 is 2.20 bits per heavy atom. The third-order valence-corrected chi connectivity index (χ3v) is 3.16. The van der Waals surface area contributed by atoms with E-state index in [9.17, 15) is 9.59 Å². The van der Waals surface area contributed by atoms with E-state index in [0.717, 1.165) is 5.57 Å². The van der Waals surface area contributed by atoms with E-state index in [2.05, 4.69) is 6.58 Å². The molecule has 4 heteroatoms. The van der Waals surface area contributed by atoms with Crippen molar-refractivity contribution in [3.63, 3.8) is 0 Å². The molecule has 2 atom stereocenters. The van der Waals surface area contributed by atoms with Gasteiger partial charge in [0.1, 0.15) is 5.60 Å². The second-order valence-corrected chi connectivity index (χ2v) is 4.69. The maximum Gasteiger partial charge on any atom is 0.324 e. The van der Waals surface area contributed by atoms with Crippen molar-refractivity contribution in [2.75, 3.05) is 7.11 Å². The Morgan fingerprint density at radius 3 is 2.80 bits per heavy atom. The molecule has 4 nitrogen and oxygen atoms in total. The van der Waals surface area contributed by atoms with Crippen LogP contribution >= 0.6 is 0 Å². The molecule has 0 aromatic heterocycles. The first-order valence-corrected chi connectivity index (χ1v) is 4.90. The molecule has 0 aromatic carbocycles. The largest absolute Gasteiger partial charge is 0.468 e. The maximum atomic E-state index is 11.8. The summed E-state index contributed by atoms with van der Waals surface area (Å²) in [6, 6.07) is 0. The zero-order valence-electron chi connectivity index (χ0n) is 8.96. The lowest BCUT2D eigenvalue weighted by Crippen LogP contribution is -2.40. The smallest absolute Gasteiger partial charge is 0.324 e. The molecule has 1 saturated carbocycles. The second kappa shape index (κ2) is 2.84. The third kappa shape index (κ3) is 1.28. The summed E-state index contributed by atoms with van der Waals surface area (Å²) in [4.78, 5) is 23.4. The van der Waals surface area contributed by atoms with Crippen LogP contribution in [-0.4, -0.2) is 24.6 Å². The Labute approximate surface area is 88.2 Å². The van der Waals surface area contributed by atoms with Crippen LogP contribution in [-0.2, 0) is 19.1 Å². The summed E-state index contributed by atoms with van der Waals surface area (Å²) in [5.41, 5.74) is -0.820. The van der Waals surface area contributed by atoms with Gasteiger partial charge in [-0.3, -0.25) is 9.59 Å². The van der Waals surface area contributed by atoms with E-state index in [-0.39, 0.29) is 0 Å². The van der Waals surface area contributed by atoms with Gasteiger partial charge >= 0.3 is 11.9 Å². The van der Waals surface area contributed by atoms with Crippen molar-refractivity contribution in [2.24, 2.45) is 5.41 Å². The van der Waals surface area contributed by atoms with E-state index in [1.807, 2.05) is 6.92 Å². The molecule has 1 aliphatic heterocycles. The van der Waals surface area contributed by atoms with Crippen LogP contribution in [0.1, 0.15) is 26.2 Å². The van der Waals surface area contributed by atoms with Gasteiger partial charge in [0, 0.05) is 12.8 Å². The highest BCUT2D eigenvalue weighted by atomic mass is 16.6. The summed E-state index contributed by atoms with van der Waals surface area (Å²) in [6.45, 7) is 5.69. The average molecular weight is 210 g/mol. The lowest BCUT2D eigenvalue weighted by atomic mass is 9.69. The minimum atomic E-state index is -1.13. The van der Waals surface area contributed by atoms with E-state index in [1.54, 1.807) is 0 Å². The number of hydrogen-bond donors (Lipinski definition) is 0. The molecule has 0 amide bonds. The maximum absolute atomic E-state index is 11.8. The lowest BCUT2D eigenvalue weighted by molar-refractivity contribution is -0.163. The molecule has 2 aliphatic rings. The molecule has 0 spiro atoms. The van der Waals surface area contributed by atoms with E-state index in [4.69, 9.17) is 9.47 Å². The van der Waals surface area contributed by atoms with Gasteiger partial charge < -0.3 is 9.47 Å². The normalized spacial score (nSPS) is 38.8. The predicted octanol–water partition coefficient (Wildman–Crippen LogP) is 1.20. The Bertz CT molecular complexity index is 360. The number of hydrogen-bond acceptors (Lipinski definition) is 4. The number of ether oxygens (including phenoxy) is 2. The fourth-order valence-electron chi connectivity index (χ4n) is 2.74. The van der Waals surface area contributed by atoms with Gasteiger partial charge in [0.25, 0.3) is 0 Å². The van der Waals surface area contributed by atoms with Gasteiger partial charge in [-0.25, -0.2) is 0 Å². The number of rotatable bonds is 1. The van der Waals surface area contributed by atoms with Crippen molar-refractivity contribution in [2.45, 2.75) is 31.8 Å². The quantitative estimate of drug-likeness (QED) is 0.371. The average Bonchev–Trinajstić information content (AvgIpc) is 2.32. The topological polar surface area (TPSA) is 52.6 Å². The van der Waals surface area contributed by atoms with Crippen LogP contribution < -0.4 is 0 Å². The summed E-state index contributed by atoms with van der Waals surface area (Å²) in [7, 11) is 1.29. The molecule has 1 aliphatic carbocycles. The molecule has 2 rings (SSSR count). The molecular weight excluding hydrogens is 196 g/mol. The summed E-state index contributed by atoms with van der Waals surface area (Å²) in [5.74, 6) is -0.965. The van der Waals surface area contributed by atoms with Crippen LogP contribution in [0.5, 0.6) is 0 Å². The Hall–Kier alpha value is -1.32. The standard InChI is InChI=1S/C11H14O4/c1-7-4-10(2)6-11(5-7,8(12)14-3)9(13)15-10/h1,4-6H2,2-3H3. The van der Waals surface area contributed by atoms with Gasteiger partial charge in [-0.2, -0.15) is 0 Å². The van der Waals surface area contributed by atoms with Crippen LogP contribution in [0.2, 0.25) is 0 Å². The predicted molar refractivity (Wildman–Crippen MR) is 51.9 cm³/mol. The van der Waals surface area contributed by atoms with Gasteiger partial charge in [-0.05, 0) is 13.3 Å². The van der Waals surface area contributed by atoms with Crippen molar-refractivity contribution in [1.29, 1.82) is 0 Å². The van der Waals surface area contributed by atoms with Gasteiger partial charge in [0.05, 0.1) is 7.11 Å². The summed E-state index contributed by atoms with van der Waals surface area (Å²) < 4.78 is 9.96. The molecule has 2 fully saturated rings. The molecule has 0 radical (unpaired) electrons. The first-order valence-electron chi connectivity index (χ1n) is 4.90. The number of carbonyl (C=O) groups is 2. The highest BCUT2D eigenvalue weighted by molar-refractivity contribution is 6.02. The first-order chi connectivity index (χ1) is 6.92. The molecule has 82 valence electrons. The zero-order chi connectivity index (χ0) is 11.3. The van der Waals surface area contributed by atoms with Crippen molar-refractivity contribution in [3.05, 3.63) is 12.2 Å². The van der Waals surface area contributed by atoms with Crippen molar-refractivity contribution in [1.82, 2.24) is 0 Å². The summed E-state index contributed by atoms with van der Waals surface area (Å²) >= 11 is 0. The Balaban J connectivity index is 2.43. The third-order valence-electron chi connectivity index (χ3n) is 3.16. The SMILES string of the molecule is C=C1CC2(C)CC(C(=O)OC)(C1)C(=O)O2. The molecule has 0 aromatic rings. The fourth-order valence-corrected chi connectivity index (χ4v) is 2.74. The van der Waals surface area contributed by atoms with Crippen LogP contribution in [0.25, 0.3) is 0 Å². The van der Waals surface area contributed by atoms with Crippen LogP contribution in [0.3, 0.4) is 0 Å². The highest BCUT2D eigenvalue weighted by Crippen LogP contribution is 2.52. The van der Waals surface area contributed by atoms with Crippen molar-refractivity contribution >= 4 is 11.9 Å². The molecule has 15 heavy (non-hydrogen) atoms. The van der Waals surface area contributed by atoms with Crippen LogP contribution in [0.15, 0.2) is 12.2 Å². The first kappa shape index (κ1) is 10.2. The van der Waals surface area contributed by atoms with Crippen LogP contribution in [0, 0.1) is 5.41 Å². The minimum absolute atomic E-state index is 0.355. The number of esters is 2. The minimum Gasteiger partial charge on any atom is -0.468 e. The fraction of sp³-hybridized carbons (Fsp3) is 0.636. The van der Waals surface area contributed by atoms with Gasteiger partial charge in [-0.15, -0.1) is 0 Å². The molecule has 1 saturated heterocycles. The number of fused-ring (bicyclic) bond motifs is 2. The monoisotopic (exact) mass is 210 g/mol. The van der Waals surface area contributed by atoms with E-state index in [1.165, 1.54) is 7.11 Å². The van der Waals surface area contributed by atoms with Gasteiger partial charge in [0.15, 0.2) is 5.41 Å². The van der Waals surface area contributed by atoms with Crippen molar-refractivity contribution in [3.8, 4) is 0 Å². The Kier molecular flexibility index (Phi) is 1.93. The van der Waals surface area contributed by atoms with E-state index < -0.39 is 23.0 Å². The summed E-state index contributed by atoms with van der Waals surface area (Å²) in [6.07, 6.45) is 1.40. The lowest BCUT2D eigenvalue weighted by Gasteiger charge is -2.31. The number of methoxy groups -OCH3 is 1. The number of carbonyl (C=O) groups excluding carboxylic acids is 2. The van der Waals surface area contributed by atoms with Gasteiger partial charge in [0.2, 0.25) is 0 Å². The van der Waals surface area contributed by atoms with Gasteiger partial charge in [-0.1, -0.05) is 12.2 Å². The second-order valence-electron chi connectivity index (χ2n) is 4.69. The Morgan fingerprint density at radius 1 is 1.53 bits per heavy atom. The molecule has 2 unspecified atom stereocenters. The zero-order valence-corrected chi connectivity index (χ0v) is 8.96. The summed E-state index contributed by atoms with van der Waals surface area (Å²) in [5, 5.41) is 0. The molecule has 1 heterocycles. The van der Waals surface area contributed by atoms with Crippen molar-refractivity contribution < 1.29 is 19.1 Å². The molecule has 0 N–H and O–H groups in total. The molecular formula is C11H14O4. The van der Waals surface area contributed by atoms with Crippen LogP contribution in [0.4, 0.5) is 0 Å². The highest BCUT2D eigenvalue weighted by Gasteiger charge is 2.63. The van der Waals surface area contributed by atoms with E-state index >= 15 is 0 Å². The molecule has 2 bridgehead atoms.